The van der Waals surface area contributed by atoms with Gasteiger partial charge in [0.25, 0.3) is 5.91 Å². The SMILES string of the molecule is COc1ccc(S(=O)(=O)N(C)C)cc1NC(=O)c1cc(=O)[nH]c2ccccc12. The molecule has 1 heterocycles. The summed E-state index contributed by atoms with van der Waals surface area (Å²) in [5.41, 5.74) is 0.456. The van der Waals surface area contributed by atoms with Crippen LogP contribution in [0.1, 0.15) is 10.4 Å². The third-order valence-electron chi connectivity index (χ3n) is 4.19. The minimum absolute atomic E-state index is 0.00404. The molecule has 0 aliphatic heterocycles. The van der Waals surface area contributed by atoms with Gasteiger partial charge in [-0.05, 0) is 24.3 Å². The maximum Gasteiger partial charge on any atom is 0.256 e. The number of hydrogen-bond donors (Lipinski definition) is 2. The fourth-order valence-electron chi connectivity index (χ4n) is 2.74. The number of carbonyl (C=O) groups is 1. The number of para-hydroxylation sites is 1. The van der Waals surface area contributed by atoms with Crippen molar-refractivity contribution in [2.24, 2.45) is 0 Å². The number of H-pyrrole nitrogens is 1. The van der Waals surface area contributed by atoms with Crippen LogP contribution < -0.4 is 15.6 Å². The first-order valence-electron chi connectivity index (χ1n) is 8.28. The zero-order valence-electron chi connectivity index (χ0n) is 15.5. The Bertz CT molecular complexity index is 1220. The van der Waals surface area contributed by atoms with Gasteiger partial charge in [-0.25, -0.2) is 12.7 Å². The zero-order valence-corrected chi connectivity index (χ0v) is 16.3. The second-order valence-corrected chi connectivity index (χ2v) is 8.35. The first kappa shape index (κ1) is 19.6. The van der Waals surface area contributed by atoms with Gasteiger partial charge < -0.3 is 15.0 Å². The van der Waals surface area contributed by atoms with Gasteiger partial charge in [0.15, 0.2) is 0 Å². The number of carbonyl (C=O) groups excluding carboxylic acids is 1. The van der Waals surface area contributed by atoms with Crippen molar-refractivity contribution < 1.29 is 17.9 Å². The van der Waals surface area contributed by atoms with Gasteiger partial charge >= 0.3 is 0 Å². The molecule has 0 atom stereocenters. The van der Waals surface area contributed by atoms with Crippen LogP contribution in [0.25, 0.3) is 10.9 Å². The molecule has 146 valence electrons. The average molecular weight is 401 g/mol. The van der Waals surface area contributed by atoms with E-state index in [1.54, 1.807) is 24.3 Å². The Morgan fingerprint density at radius 1 is 1.11 bits per heavy atom. The summed E-state index contributed by atoms with van der Waals surface area (Å²) in [5.74, 6) is -0.264. The van der Waals surface area contributed by atoms with Gasteiger partial charge in [0.2, 0.25) is 15.6 Å². The lowest BCUT2D eigenvalue weighted by atomic mass is 10.1. The molecule has 3 aromatic rings. The van der Waals surface area contributed by atoms with E-state index in [4.69, 9.17) is 4.74 Å². The van der Waals surface area contributed by atoms with Crippen LogP contribution >= 0.6 is 0 Å². The van der Waals surface area contributed by atoms with E-state index in [9.17, 15) is 18.0 Å². The highest BCUT2D eigenvalue weighted by Crippen LogP contribution is 2.29. The van der Waals surface area contributed by atoms with Gasteiger partial charge in [0.1, 0.15) is 5.75 Å². The number of ether oxygens (including phenoxy) is 1. The highest BCUT2D eigenvalue weighted by atomic mass is 32.2. The monoisotopic (exact) mass is 401 g/mol. The number of aromatic amines is 1. The number of nitrogens with zero attached hydrogens (tertiary/aromatic N) is 1. The number of aromatic nitrogens is 1. The van der Waals surface area contributed by atoms with Crippen molar-refractivity contribution >= 4 is 32.5 Å². The average Bonchev–Trinajstić information content (AvgIpc) is 2.66. The molecule has 2 aromatic carbocycles. The lowest BCUT2D eigenvalue weighted by Gasteiger charge is -2.15. The summed E-state index contributed by atoms with van der Waals surface area (Å²) in [5, 5.41) is 3.21. The summed E-state index contributed by atoms with van der Waals surface area (Å²) in [6, 6.07) is 12.3. The Labute approximate surface area is 161 Å². The Balaban J connectivity index is 2.07. The number of sulfonamides is 1. The van der Waals surface area contributed by atoms with Crippen LogP contribution in [-0.2, 0) is 10.0 Å². The predicted molar refractivity (Wildman–Crippen MR) is 106 cm³/mol. The molecule has 0 radical (unpaired) electrons. The first-order valence-corrected chi connectivity index (χ1v) is 9.72. The topological polar surface area (TPSA) is 109 Å². The third kappa shape index (κ3) is 3.62. The Hall–Kier alpha value is -3.17. The van der Waals surface area contributed by atoms with Crippen molar-refractivity contribution in [3.8, 4) is 5.75 Å². The molecule has 0 spiro atoms. The van der Waals surface area contributed by atoms with E-state index < -0.39 is 21.5 Å². The first-order chi connectivity index (χ1) is 13.2. The minimum atomic E-state index is -3.69. The lowest BCUT2D eigenvalue weighted by Crippen LogP contribution is -2.22. The molecule has 8 nitrogen and oxygen atoms in total. The van der Waals surface area contributed by atoms with Crippen LogP contribution in [-0.4, -0.2) is 44.8 Å². The van der Waals surface area contributed by atoms with E-state index in [0.717, 1.165) is 4.31 Å². The van der Waals surface area contributed by atoms with Gasteiger partial charge in [-0.3, -0.25) is 9.59 Å². The van der Waals surface area contributed by atoms with Crippen molar-refractivity contribution in [3.05, 3.63) is 64.4 Å². The van der Waals surface area contributed by atoms with Crippen molar-refractivity contribution in [2.75, 3.05) is 26.5 Å². The maximum absolute atomic E-state index is 12.9. The zero-order chi connectivity index (χ0) is 20.5. The minimum Gasteiger partial charge on any atom is -0.495 e. The van der Waals surface area contributed by atoms with Gasteiger partial charge in [-0.15, -0.1) is 0 Å². The van der Waals surface area contributed by atoms with Crippen LogP contribution in [0, 0.1) is 0 Å². The number of anilines is 1. The number of fused-ring (bicyclic) bond motifs is 1. The molecular weight excluding hydrogens is 382 g/mol. The molecule has 2 N–H and O–H groups in total. The van der Waals surface area contributed by atoms with Crippen molar-refractivity contribution in [2.45, 2.75) is 4.90 Å². The normalized spacial score (nSPS) is 11.6. The van der Waals surface area contributed by atoms with E-state index in [2.05, 4.69) is 10.3 Å². The Morgan fingerprint density at radius 2 is 1.82 bits per heavy atom. The summed E-state index contributed by atoms with van der Waals surface area (Å²) >= 11 is 0. The molecule has 0 fully saturated rings. The third-order valence-corrected chi connectivity index (χ3v) is 6.00. The quantitative estimate of drug-likeness (QED) is 0.680. The second-order valence-electron chi connectivity index (χ2n) is 6.20. The van der Waals surface area contributed by atoms with Crippen molar-refractivity contribution in [1.82, 2.24) is 9.29 Å². The Morgan fingerprint density at radius 3 is 2.50 bits per heavy atom. The number of nitrogens with one attached hydrogen (secondary N) is 2. The molecule has 1 amide bonds. The van der Waals surface area contributed by atoms with E-state index >= 15 is 0 Å². The summed E-state index contributed by atoms with van der Waals surface area (Å²) in [6.07, 6.45) is 0. The van der Waals surface area contributed by atoms with Crippen LogP contribution in [0.2, 0.25) is 0 Å². The number of pyridine rings is 1. The fraction of sp³-hybridized carbons (Fsp3) is 0.158. The van der Waals surface area contributed by atoms with Crippen LogP contribution in [0.3, 0.4) is 0 Å². The molecule has 0 aliphatic carbocycles. The molecule has 28 heavy (non-hydrogen) atoms. The predicted octanol–water partition coefficient (Wildman–Crippen LogP) is 2.04. The lowest BCUT2D eigenvalue weighted by molar-refractivity contribution is 0.102. The van der Waals surface area contributed by atoms with Crippen molar-refractivity contribution in [1.29, 1.82) is 0 Å². The number of hydrogen-bond acceptors (Lipinski definition) is 5. The molecule has 0 saturated carbocycles. The van der Waals surface area contributed by atoms with E-state index in [1.807, 2.05) is 0 Å². The maximum atomic E-state index is 12.9. The van der Waals surface area contributed by atoms with E-state index in [1.165, 1.54) is 45.5 Å². The summed E-state index contributed by atoms with van der Waals surface area (Å²) in [6.45, 7) is 0. The number of amides is 1. The molecule has 0 bridgehead atoms. The van der Waals surface area contributed by atoms with E-state index in [0.29, 0.717) is 16.7 Å². The molecule has 0 aliphatic rings. The van der Waals surface area contributed by atoms with Crippen LogP contribution in [0.5, 0.6) is 5.75 Å². The van der Waals surface area contributed by atoms with Gasteiger partial charge in [-0.2, -0.15) is 0 Å². The molecule has 0 unspecified atom stereocenters. The molecule has 9 heteroatoms. The smallest absolute Gasteiger partial charge is 0.256 e. The summed E-state index contributed by atoms with van der Waals surface area (Å²) in [7, 11) is 0.549. The van der Waals surface area contributed by atoms with Gasteiger partial charge in [0.05, 0.1) is 23.3 Å². The number of rotatable bonds is 5. The summed E-state index contributed by atoms with van der Waals surface area (Å²) in [4.78, 5) is 27.4. The Kier molecular flexibility index (Phi) is 5.21. The largest absolute Gasteiger partial charge is 0.495 e. The molecular formula is C19H19N3O5S. The van der Waals surface area contributed by atoms with Gasteiger partial charge in [0, 0.05) is 31.1 Å². The fourth-order valence-corrected chi connectivity index (χ4v) is 3.67. The highest BCUT2D eigenvalue weighted by Gasteiger charge is 2.20. The van der Waals surface area contributed by atoms with Crippen LogP contribution in [0.4, 0.5) is 5.69 Å². The molecule has 1 aromatic heterocycles. The van der Waals surface area contributed by atoms with Gasteiger partial charge in [-0.1, -0.05) is 18.2 Å². The number of methoxy groups -OCH3 is 1. The highest BCUT2D eigenvalue weighted by molar-refractivity contribution is 7.89. The summed E-state index contributed by atoms with van der Waals surface area (Å²) < 4.78 is 31.1. The molecule has 0 saturated heterocycles. The molecule has 3 rings (SSSR count). The van der Waals surface area contributed by atoms with E-state index in [-0.39, 0.29) is 16.1 Å². The standard InChI is InChI=1S/C19H19N3O5S/c1-22(2)28(25,26)12-8-9-17(27-3)16(10-12)21-19(24)14-11-18(23)20-15-7-5-4-6-13(14)15/h4-11H,1-3H3,(H,20,23)(H,21,24). The van der Waals surface area contributed by atoms with Crippen LogP contribution in [0.15, 0.2) is 58.2 Å². The second kappa shape index (κ2) is 7.45. The number of benzene rings is 2. The van der Waals surface area contributed by atoms with Crippen molar-refractivity contribution in [3.63, 3.8) is 0 Å².